The molecule has 0 radical (unpaired) electrons. The van der Waals surface area contributed by atoms with Crippen LogP contribution in [0.1, 0.15) is 0 Å². The Balaban J connectivity index is 0.961. The zero-order chi connectivity index (χ0) is 38.4. The molecule has 0 N–H and O–H groups in total. The van der Waals surface area contributed by atoms with Gasteiger partial charge in [0.2, 0.25) is 0 Å². The van der Waals surface area contributed by atoms with Gasteiger partial charge in [0.05, 0.1) is 0 Å². The molecule has 0 fully saturated rings. The molecule has 0 spiro atoms. The monoisotopic (exact) mass is 755 g/mol. The molecular formula is C56H37NS. The van der Waals surface area contributed by atoms with Crippen LogP contribution in [-0.4, -0.2) is 0 Å². The van der Waals surface area contributed by atoms with E-state index in [1.54, 1.807) is 0 Å². The zero-order valence-corrected chi connectivity index (χ0v) is 32.5. The van der Waals surface area contributed by atoms with Crippen molar-refractivity contribution in [2.45, 2.75) is 0 Å². The summed E-state index contributed by atoms with van der Waals surface area (Å²) in [5.41, 5.74) is 13.1. The number of hydrogen-bond acceptors (Lipinski definition) is 2. The van der Waals surface area contributed by atoms with E-state index >= 15 is 0 Å². The van der Waals surface area contributed by atoms with E-state index in [-0.39, 0.29) is 0 Å². The Hall–Kier alpha value is -7.26. The van der Waals surface area contributed by atoms with E-state index in [9.17, 15) is 0 Å². The first-order valence-corrected chi connectivity index (χ1v) is 20.6. The fourth-order valence-electron chi connectivity index (χ4n) is 8.53. The summed E-state index contributed by atoms with van der Waals surface area (Å²) in [6.07, 6.45) is 0. The Bertz CT molecular complexity index is 3260. The molecule has 0 atom stereocenters. The molecule has 2 heteroatoms. The molecule has 0 amide bonds. The number of rotatable bonds is 7. The van der Waals surface area contributed by atoms with Gasteiger partial charge in [-0.2, -0.15) is 0 Å². The van der Waals surface area contributed by atoms with Gasteiger partial charge in [0, 0.05) is 37.2 Å². The maximum atomic E-state index is 2.36. The van der Waals surface area contributed by atoms with Gasteiger partial charge in [0.15, 0.2) is 0 Å². The van der Waals surface area contributed by atoms with Crippen molar-refractivity contribution in [3.63, 3.8) is 0 Å². The standard InChI is InChI=1S/C56H37NS/c1-2-12-43-36-45(23-22-38(43)10-1)40-26-32-48(33-27-40)57(49-34-28-42(29-35-49)51-18-8-13-41-11-3-4-16-50(41)51)47-30-24-39(25-31-47)44-14-7-15-46(37-44)52-19-9-20-54-53-17-5-6-21-55(53)58-56(52)54/h1-37H. The first-order valence-electron chi connectivity index (χ1n) is 19.8. The minimum atomic E-state index is 1.10. The van der Waals surface area contributed by atoms with E-state index in [1.165, 1.54) is 86.2 Å². The predicted octanol–water partition coefficient (Wildman–Crippen LogP) is 16.5. The van der Waals surface area contributed by atoms with Crippen molar-refractivity contribution in [2.75, 3.05) is 4.90 Å². The second kappa shape index (κ2) is 14.4. The van der Waals surface area contributed by atoms with Crippen molar-refractivity contribution in [3.8, 4) is 44.5 Å². The second-order valence-electron chi connectivity index (χ2n) is 14.9. The normalized spacial score (nSPS) is 11.4. The number of thiophene rings is 1. The SMILES string of the molecule is c1cc(-c2ccc(N(c3ccc(-c4ccc5ccccc5c4)cc3)c3ccc(-c4cccc5ccccc45)cc3)cc2)cc(-c2cccc3c2sc2ccccc23)c1. The summed E-state index contributed by atoms with van der Waals surface area (Å²) < 4.78 is 2.66. The largest absolute Gasteiger partial charge is 0.311 e. The summed E-state index contributed by atoms with van der Waals surface area (Å²) >= 11 is 1.88. The molecule has 11 aromatic rings. The smallest absolute Gasteiger partial charge is 0.0462 e. The first kappa shape index (κ1) is 34.0. The Morgan fingerprint density at radius 1 is 0.276 bits per heavy atom. The third-order valence-corrected chi connectivity index (χ3v) is 12.7. The number of benzene rings is 10. The van der Waals surface area contributed by atoms with Crippen molar-refractivity contribution in [1.82, 2.24) is 0 Å². The van der Waals surface area contributed by atoms with Crippen molar-refractivity contribution in [2.24, 2.45) is 0 Å². The van der Waals surface area contributed by atoms with Gasteiger partial charge < -0.3 is 4.90 Å². The number of fused-ring (bicyclic) bond motifs is 5. The molecule has 11 rings (SSSR count). The van der Waals surface area contributed by atoms with Crippen molar-refractivity contribution in [1.29, 1.82) is 0 Å². The van der Waals surface area contributed by atoms with E-state index in [0.717, 1.165) is 17.1 Å². The summed E-state index contributed by atoms with van der Waals surface area (Å²) in [5.74, 6) is 0. The van der Waals surface area contributed by atoms with Crippen LogP contribution in [0.4, 0.5) is 17.1 Å². The van der Waals surface area contributed by atoms with Crippen LogP contribution in [0.15, 0.2) is 224 Å². The van der Waals surface area contributed by atoms with Crippen LogP contribution in [0.2, 0.25) is 0 Å². The van der Waals surface area contributed by atoms with Crippen LogP contribution >= 0.6 is 11.3 Å². The van der Waals surface area contributed by atoms with E-state index in [1.807, 2.05) is 11.3 Å². The van der Waals surface area contributed by atoms with Gasteiger partial charge in [-0.05, 0) is 121 Å². The van der Waals surface area contributed by atoms with Gasteiger partial charge in [0.1, 0.15) is 0 Å². The molecule has 1 nitrogen and oxygen atoms in total. The van der Waals surface area contributed by atoms with Gasteiger partial charge in [0.25, 0.3) is 0 Å². The molecule has 0 saturated carbocycles. The Labute approximate surface area is 342 Å². The van der Waals surface area contributed by atoms with Crippen LogP contribution in [0.25, 0.3) is 86.2 Å². The van der Waals surface area contributed by atoms with Gasteiger partial charge >= 0.3 is 0 Å². The summed E-state index contributed by atoms with van der Waals surface area (Å²) in [5, 5.41) is 7.67. The van der Waals surface area contributed by atoms with Crippen LogP contribution < -0.4 is 4.90 Å². The molecular weight excluding hydrogens is 719 g/mol. The molecule has 272 valence electrons. The molecule has 0 aliphatic carbocycles. The van der Waals surface area contributed by atoms with Crippen LogP contribution in [0.3, 0.4) is 0 Å². The van der Waals surface area contributed by atoms with E-state index in [4.69, 9.17) is 0 Å². The second-order valence-corrected chi connectivity index (χ2v) is 16.0. The molecule has 0 aliphatic rings. The average Bonchev–Trinajstić information content (AvgIpc) is 3.69. The van der Waals surface area contributed by atoms with E-state index in [2.05, 4.69) is 229 Å². The zero-order valence-electron chi connectivity index (χ0n) is 31.7. The highest BCUT2D eigenvalue weighted by Crippen LogP contribution is 2.42. The molecule has 58 heavy (non-hydrogen) atoms. The van der Waals surface area contributed by atoms with Gasteiger partial charge in [-0.15, -0.1) is 11.3 Å². The lowest BCUT2D eigenvalue weighted by molar-refractivity contribution is 1.28. The van der Waals surface area contributed by atoms with Crippen LogP contribution in [0, 0.1) is 0 Å². The summed E-state index contributed by atoms with van der Waals surface area (Å²) in [7, 11) is 0. The lowest BCUT2D eigenvalue weighted by Gasteiger charge is -2.26. The van der Waals surface area contributed by atoms with Gasteiger partial charge in [-0.3, -0.25) is 0 Å². The minimum absolute atomic E-state index is 1.10. The molecule has 0 unspecified atom stereocenters. The molecule has 0 saturated heterocycles. The molecule has 0 bridgehead atoms. The molecule has 1 heterocycles. The van der Waals surface area contributed by atoms with E-state index < -0.39 is 0 Å². The summed E-state index contributed by atoms with van der Waals surface area (Å²) in [6.45, 7) is 0. The fraction of sp³-hybridized carbons (Fsp3) is 0. The topological polar surface area (TPSA) is 3.24 Å². The number of hydrogen-bond donors (Lipinski definition) is 0. The molecule has 1 aromatic heterocycles. The highest BCUT2D eigenvalue weighted by Gasteiger charge is 2.16. The highest BCUT2D eigenvalue weighted by atomic mass is 32.1. The summed E-state index contributed by atoms with van der Waals surface area (Å²) in [6, 6.07) is 81.9. The first-order chi connectivity index (χ1) is 28.7. The highest BCUT2D eigenvalue weighted by molar-refractivity contribution is 7.26. The summed E-state index contributed by atoms with van der Waals surface area (Å²) in [4.78, 5) is 2.36. The van der Waals surface area contributed by atoms with Crippen molar-refractivity contribution >= 4 is 70.1 Å². The van der Waals surface area contributed by atoms with Gasteiger partial charge in [-0.25, -0.2) is 0 Å². The fourth-order valence-corrected chi connectivity index (χ4v) is 9.77. The van der Waals surface area contributed by atoms with Crippen molar-refractivity contribution in [3.05, 3.63) is 224 Å². The quantitative estimate of drug-likeness (QED) is 0.157. The molecule has 0 aliphatic heterocycles. The predicted molar refractivity (Wildman–Crippen MR) is 251 cm³/mol. The average molecular weight is 756 g/mol. The number of nitrogens with zero attached hydrogens (tertiary/aromatic N) is 1. The minimum Gasteiger partial charge on any atom is -0.311 e. The van der Waals surface area contributed by atoms with Crippen LogP contribution in [-0.2, 0) is 0 Å². The third kappa shape index (κ3) is 6.12. The van der Waals surface area contributed by atoms with Gasteiger partial charge in [-0.1, -0.05) is 170 Å². The Morgan fingerprint density at radius 2 is 0.776 bits per heavy atom. The van der Waals surface area contributed by atoms with E-state index in [0.29, 0.717) is 0 Å². The maximum absolute atomic E-state index is 2.36. The Morgan fingerprint density at radius 3 is 1.52 bits per heavy atom. The lowest BCUT2D eigenvalue weighted by atomic mass is 9.97. The third-order valence-electron chi connectivity index (χ3n) is 11.5. The van der Waals surface area contributed by atoms with Crippen LogP contribution in [0.5, 0.6) is 0 Å². The maximum Gasteiger partial charge on any atom is 0.0462 e. The molecule has 10 aromatic carbocycles. The lowest BCUT2D eigenvalue weighted by Crippen LogP contribution is -2.09. The van der Waals surface area contributed by atoms with Crippen molar-refractivity contribution < 1.29 is 0 Å². The Kier molecular flexibility index (Phi) is 8.42. The number of anilines is 3.